The van der Waals surface area contributed by atoms with E-state index in [-0.39, 0.29) is 28.9 Å². The molecule has 5 rings (SSSR count). The molecule has 0 radical (unpaired) electrons. The lowest BCUT2D eigenvalue weighted by molar-refractivity contribution is -0.174. The molecule has 0 aromatic heterocycles. The predicted molar refractivity (Wildman–Crippen MR) is 149 cm³/mol. The first-order valence-electron chi connectivity index (χ1n) is 15.0. The van der Waals surface area contributed by atoms with Crippen LogP contribution in [0, 0.1) is 46.3 Å². The molecule has 6 nitrogen and oxygen atoms in total. The fourth-order valence-corrected chi connectivity index (χ4v) is 9.85. The highest BCUT2D eigenvalue weighted by atomic mass is 16.5. The van der Waals surface area contributed by atoms with Crippen LogP contribution >= 0.6 is 0 Å². The van der Waals surface area contributed by atoms with Gasteiger partial charge in [-0.15, -0.1) is 0 Å². The summed E-state index contributed by atoms with van der Waals surface area (Å²) in [4.78, 5) is 12.9. The van der Waals surface area contributed by atoms with E-state index >= 15 is 0 Å². The molecule has 38 heavy (non-hydrogen) atoms. The van der Waals surface area contributed by atoms with Crippen LogP contribution in [-0.2, 0) is 4.79 Å². The van der Waals surface area contributed by atoms with Crippen molar-refractivity contribution in [2.75, 3.05) is 19.5 Å². The van der Waals surface area contributed by atoms with Crippen molar-refractivity contribution in [3.63, 3.8) is 0 Å². The Bertz CT molecular complexity index is 1010. The smallest absolute Gasteiger partial charge is 0.224 e. The summed E-state index contributed by atoms with van der Waals surface area (Å²) in [6.45, 7) is 7.31. The van der Waals surface area contributed by atoms with Gasteiger partial charge in [-0.3, -0.25) is 4.79 Å². The molecule has 4 aliphatic rings. The average Bonchev–Trinajstić information content (AvgIpc) is 3.25. The molecule has 10 atom stereocenters. The van der Waals surface area contributed by atoms with Gasteiger partial charge in [0, 0.05) is 12.5 Å². The van der Waals surface area contributed by atoms with Gasteiger partial charge in [-0.05, 0) is 116 Å². The Morgan fingerprint density at radius 2 is 1.76 bits per heavy atom. The molecule has 0 saturated heterocycles. The summed E-state index contributed by atoms with van der Waals surface area (Å²) in [6, 6.07) is 5.44. The predicted octanol–water partition coefficient (Wildman–Crippen LogP) is 6.05. The lowest BCUT2D eigenvalue weighted by atomic mass is 9.43. The highest BCUT2D eigenvalue weighted by Crippen LogP contribution is 2.68. The molecule has 212 valence electrons. The zero-order valence-electron chi connectivity index (χ0n) is 24.0. The Balaban J connectivity index is 1.23. The number of hydrogen-bond acceptors (Lipinski definition) is 5. The van der Waals surface area contributed by atoms with Crippen LogP contribution < -0.4 is 14.8 Å². The quantitative estimate of drug-likeness (QED) is 0.402. The summed E-state index contributed by atoms with van der Waals surface area (Å²) in [5, 5.41) is 24.8. The molecule has 0 bridgehead atoms. The molecule has 0 unspecified atom stereocenters. The summed E-state index contributed by atoms with van der Waals surface area (Å²) in [7, 11) is 3.21. The monoisotopic (exact) mass is 527 g/mol. The molecule has 4 aliphatic carbocycles. The van der Waals surface area contributed by atoms with Crippen LogP contribution in [-0.4, -0.2) is 42.5 Å². The molecular formula is C32H49NO5. The molecule has 6 heteroatoms. The van der Waals surface area contributed by atoms with E-state index < -0.39 is 0 Å². The van der Waals surface area contributed by atoms with Crippen molar-refractivity contribution < 1.29 is 24.5 Å². The van der Waals surface area contributed by atoms with E-state index in [9.17, 15) is 15.0 Å². The average molecular weight is 528 g/mol. The van der Waals surface area contributed by atoms with Crippen molar-refractivity contribution in [2.45, 2.75) is 97.2 Å². The SMILES string of the molecule is COc1ccc(NC(=O)CC[C@@H](C)[C@H]2CC[C@H]3[C@@H]4[C@@H](O)C[C@@H]5C[C@H](O)CC[C@]5(C)[C@H]4CC[C@]23C)c(OC)c1. The summed E-state index contributed by atoms with van der Waals surface area (Å²) in [5.74, 6) is 4.32. The fraction of sp³-hybridized carbons (Fsp3) is 0.781. The van der Waals surface area contributed by atoms with Crippen molar-refractivity contribution in [3.8, 4) is 11.5 Å². The minimum Gasteiger partial charge on any atom is -0.497 e. The van der Waals surface area contributed by atoms with Crippen LogP contribution in [0.2, 0.25) is 0 Å². The second kappa shape index (κ2) is 10.6. The molecule has 1 aromatic carbocycles. The van der Waals surface area contributed by atoms with Crippen molar-refractivity contribution in [3.05, 3.63) is 18.2 Å². The van der Waals surface area contributed by atoms with Crippen LogP contribution in [0.1, 0.15) is 85.0 Å². The maximum absolute atomic E-state index is 12.9. The number of nitrogens with one attached hydrogen (secondary N) is 1. The summed E-state index contributed by atoms with van der Waals surface area (Å²) >= 11 is 0. The van der Waals surface area contributed by atoms with E-state index in [2.05, 4.69) is 26.1 Å². The van der Waals surface area contributed by atoms with Crippen LogP contribution in [0.3, 0.4) is 0 Å². The molecule has 1 amide bonds. The van der Waals surface area contributed by atoms with Gasteiger partial charge in [-0.2, -0.15) is 0 Å². The van der Waals surface area contributed by atoms with Gasteiger partial charge in [0.15, 0.2) is 0 Å². The minimum atomic E-state index is -0.243. The zero-order valence-corrected chi connectivity index (χ0v) is 24.0. The number of aliphatic hydroxyl groups is 2. The van der Waals surface area contributed by atoms with Crippen LogP contribution in [0.15, 0.2) is 18.2 Å². The molecule has 3 N–H and O–H groups in total. The Labute approximate surface area is 228 Å². The zero-order chi connectivity index (χ0) is 27.2. The van der Waals surface area contributed by atoms with Crippen LogP contribution in [0.4, 0.5) is 5.69 Å². The summed E-state index contributed by atoms with van der Waals surface area (Å²) in [6.07, 6.45) is 9.47. The molecular weight excluding hydrogens is 478 g/mol. The molecule has 0 heterocycles. The fourth-order valence-electron chi connectivity index (χ4n) is 9.85. The van der Waals surface area contributed by atoms with E-state index in [0.717, 1.165) is 32.1 Å². The Kier molecular flexibility index (Phi) is 7.78. The number of anilines is 1. The van der Waals surface area contributed by atoms with Crippen molar-refractivity contribution >= 4 is 11.6 Å². The Hall–Kier alpha value is -1.79. The van der Waals surface area contributed by atoms with Gasteiger partial charge in [-0.25, -0.2) is 0 Å². The molecule has 0 aliphatic heterocycles. The number of rotatable bonds is 7. The second-order valence-corrected chi connectivity index (χ2v) is 13.6. The highest BCUT2D eigenvalue weighted by Gasteiger charge is 2.62. The van der Waals surface area contributed by atoms with Gasteiger partial charge >= 0.3 is 0 Å². The third kappa shape index (κ3) is 4.74. The lowest BCUT2D eigenvalue weighted by Crippen LogP contribution is -2.58. The van der Waals surface area contributed by atoms with Crippen molar-refractivity contribution in [1.82, 2.24) is 0 Å². The third-order valence-corrected chi connectivity index (χ3v) is 11.9. The number of methoxy groups -OCH3 is 2. The molecule has 0 spiro atoms. The number of carbonyl (C=O) groups excluding carboxylic acids is 1. The summed E-state index contributed by atoms with van der Waals surface area (Å²) in [5.41, 5.74) is 1.16. The van der Waals surface area contributed by atoms with E-state index in [4.69, 9.17) is 9.47 Å². The van der Waals surface area contributed by atoms with Gasteiger partial charge in [0.25, 0.3) is 0 Å². The largest absolute Gasteiger partial charge is 0.497 e. The first-order valence-corrected chi connectivity index (χ1v) is 15.0. The number of fused-ring (bicyclic) bond motifs is 5. The number of ether oxygens (including phenoxy) is 2. The molecule has 4 fully saturated rings. The normalized spacial score (nSPS) is 40.9. The summed E-state index contributed by atoms with van der Waals surface area (Å²) < 4.78 is 10.7. The number of aliphatic hydroxyl groups excluding tert-OH is 2. The van der Waals surface area contributed by atoms with Gasteiger partial charge < -0.3 is 25.0 Å². The van der Waals surface area contributed by atoms with E-state index in [1.807, 2.05) is 12.1 Å². The molecule has 1 aromatic rings. The Morgan fingerprint density at radius 1 is 1.03 bits per heavy atom. The molecule has 4 saturated carbocycles. The van der Waals surface area contributed by atoms with Gasteiger partial charge in [0.2, 0.25) is 5.91 Å². The number of amides is 1. The number of benzene rings is 1. The van der Waals surface area contributed by atoms with Crippen LogP contribution in [0.5, 0.6) is 11.5 Å². The van der Waals surface area contributed by atoms with Gasteiger partial charge in [-0.1, -0.05) is 20.8 Å². The first kappa shape index (κ1) is 27.8. The van der Waals surface area contributed by atoms with Gasteiger partial charge in [0.1, 0.15) is 11.5 Å². The van der Waals surface area contributed by atoms with E-state index in [1.165, 1.54) is 25.7 Å². The van der Waals surface area contributed by atoms with Crippen LogP contribution in [0.25, 0.3) is 0 Å². The third-order valence-electron chi connectivity index (χ3n) is 11.9. The van der Waals surface area contributed by atoms with Crippen molar-refractivity contribution in [2.24, 2.45) is 46.3 Å². The maximum Gasteiger partial charge on any atom is 0.224 e. The van der Waals surface area contributed by atoms with Gasteiger partial charge in [0.05, 0.1) is 32.1 Å². The van der Waals surface area contributed by atoms with E-state index in [0.29, 0.717) is 59.1 Å². The first-order chi connectivity index (χ1) is 18.1. The number of carbonyl (C=O) groups is 1. The maximum atomic E-state index is 12.9. The van der Waals surface area contributed by atoms with E-state index in [1.54, 1.807) is 20.3 Å². The topological polar surface area (TPSA) is 88.0 Å². The lowest BCUT2D eigenvalue weighted by Gasteiger charge is -2.62. The Morgan fingerprint density at radius 3 is 2.50 bits per heavy atom. The standard InChI is InChI=1S/C32H49NO5/c1-19(6-11-29(36)33-26-10-7-22(37-4)18-28(26)38-5)23-8-9-24-30-25(13-15-32(23,24)3)31(2)14-12-21(34)16-20(31)17-27(30)35/h7,10,18-21,23-25,27,30,34-35H,6,8-9,11-17H2,1-5H3,(H,33,36)/t19-,20+,21-,23-,24+,25+,27+,30+,31+,32-/m1/s1. The second-order valence-electron chi connectivity index (χ2n) is 13.6. The highest BCUT2D eigenvalue weighted by molar-refractivity contribution is 5.92. The number of hydrogen-bond donors (Lipinski definition) is 3. The minimum absolute atomic E-state index is 0.0184. The van der Waals surface area contributed by atoms with Crippen molar-refractivity contribution in [1.29, 1.82) is 0 Å².